The number of aliphatic carboxylic acids is 1. The summed E-state index contributed by atoms with van der Waals surface area (Å²) in [6.45, 7) is 12.7. The molecule has 4 rings (SSSR count). The molecule has 1 atom stereocenters. The molecular formula is C27H38F3N3O5. The Hall–Kier alpha value is -2.82. The number of likely N-dealkylation sites (tertiary alicyclic amines) is 3. The third kappa shape index (κ3) is 6.42. The molecule has 0 saturated carbocycles. The summed E-state index contributed by atoms with van der Waals surface area (Å²) in [5, 5.41) is 7.12. The molecule has 212 valence electrons. The number of hydrogen-bond donors (Lipinski definition) is 1. The van der Waals surface area contributed by atoms with Crippen LogP contribution in [0.1, 0.15) is 40.0 Å². The Balaban J connectivity index is 0.000000505. The van der Waals surface area contributed by atoms with E-state index < -0.39 is 12.1 Å². The van der Waals surface area contributed by atoms with E-state index in [0.717, 1.165) is 57.7 Å². The highest BCUT2D eigenvalue weighted by atomic mass is 19.4. The number of fused-ring (bicyclic) bond motifs is 1. The van der Waals surface area contributed by atoms with E-state index >= 15 is 0 Å². The molecule has 3 aliphatic rings. The number of carbonyl (C=O) groups excluding carboxylic acids is 2. The van der Waals surface area contributed by atoms with Gasteiger partial charge in [-0.25, -0.2) is 4.79 Å². The van der Waals surface area contributed by atoms with Gasteiger partial charge in [0, 0.05) is 51.2 Å². The molecule has 1 N–H and O–H groups in total. The number of piperidine rings is 1. The molecule has 0 radical (unpaired) electrons. The molecule has 1 unspecified atom stereocenters. The molecule has 3 aliphatic heterocycles. The van der Waals surface area contributed by atoms with Crippen molar-refractivity contribution in [3.8, 4) is 5.75 Å². The Morgan fingerprint density at radius 1 is 1.05 bits per heavy atom. The summed E-state index contributed by atoms with van der Waals surface area (Å²) < 4.78 is 37.4. The highest BCUT2D eigenvalue weighted by Crippen LogP contribution is 2.57. The van der Waals surface area contributed by atoms with Crippen LogP contribution in [0.5, 0.6) is 5.75 Å². The number of amides is 2. The SMILES string of the molecule is CCN1CCC2(CN(CC(C)C)CC23CCN(C(=O)COc2ccccc2)CC3)C1=O.O=C(O)C(F)(F)F. The van der Waals surface area contributed by atoms with Gasteiger partial charge in [-0.05, 0) is 44.2 Å². The third-order valence-electron chi connectivity index (χ3n) is 7.97. The fourth-order valence-corrected chi connectivity index (χ4v) is 6.18. The van der Waals surface area contributed by atoms with Gasteiger partial charge in [-0.15, -0.1) is 0 Å². The van der Waals surface area contributed by atoms with E-state index in [1.807, 2.05) is 40.1 Å². The predicted octanol–water partition coefficient (Wildman–Crippen LogP) is 3.52. The molecule has 8 nitrogen and oxygen atoms in total. The highest BCUT2D eigenvalue weighted by Gasteiger charge is 2.64. The molecule has 2 amide bonds. The minimum absolute atomic E-state index is 0.0139. The van der Waals surface area contributed by atoms with E-state index in [0.29, 0.717) is 24.9 Å². The summed E-state index contributed by atoms with van der Waals surface area (Å²) in [6, 6.07) is 9.49. The quantitative estimate of drug-likeness (QED) is 0.593. The van der Waals surface area contributed by atoms with Crippen molar-refractivity contribution in [1.29, 1.82) is 0 Å². The van der Waals surface area contributed by atoms with Crippen LogP contribution in [0.4, 0.5) is 13.2 Å². The number of para-hydroxylation sites is 1. The number of ether oxygens (including phenoxy) is 1. The smallest absolute Gasteiger partial charge is 0.484 e. The predicted molar refractivity (Wildman–Crippen MR) is 134 cm³/mol. The number of benzene rings is 1. The van der Waals surface area contributed by atoms with Crippen LogP contribution in [0.15, 0.2) is 30.3 Å². The number of carboxylic acids is 1. The molecule has 0 aromatic heterocycles. The average molecular weight is 542 g/mol. The molecule has 1 aromatic rings. The summed E-state index contributed by atoms with van der Waals surface area (Å²) in [5.41, 5.74) is -0.284. The normalized spacial score (nSPS) is 23.2. The summed E-state index contributed by atoms with van der Waals surface area (Å²) in [4.78, 5) is 41.7. The zero-order valence-electron chi connectivity index (χ0n) is 22.3. The number of hydrogen-bond acceptors (Lipinski definition) is 5. The van der Waals surface area contributed by atoms with E-state index in [1.54, 1.807) is 0 Å². The van der Waals surface area contributed by atoms with Crippen LogP contribution in [0.25, 0.3) is 0 Å². The number of carboxylic acid groups (broad SMARTS) is 1. The number of nitrogens with zero attached hydrogens (tertiary/aromatic N) is 3. The topological polar surface area (TPSA) is 90.4 Å². The van der Waals surface area contributed by atoms with Gasteiger partial charge in [-0.3, -0.25) is 9.59 Å². The molecule has 38 heavy (non-hydrogen) atoms. The summed E-state index contributed by atoms with van der Waals surface area (Å²) in [7, 11) is 0. The number of halogens is 3. The molecule has 1 aromatic carbocycles. The van der Waals surface area contributed by atoms with Crippen LogP contribution in [0, 0.1) is 16.7 Å². The van der Waals surface area contributed by atoms with Crippen molar-refractivity contribution >= 4 is 17.8 Å². The molecule has 2 spiro atoms. The van der Waals surface area contributed by atoms with Crippen molar-refractivity contribution in [1.82, 2.24) is 14.7 Å². The van der Waals surface area contributed by atoms with Gasteiger partial charge >= 0.3 is 12.1 Å². The summed E-state index contributed by atoms with van der Waals surface area (Å²) in [6.07, 6.45) is -2.32. The first-order valence-corrected chi connectivity index (χ1v) is 13.1. The van der Waals surface area contributed by atoms with Crippen LogP contribution in [-0.4, -0.2) is 96.2 Å². The van der Waals surface area contributed by atoms with Gasteiger partial charge < -0.3 is 24.5 Å². The van der Waals surface area contributed by atoms with Crippen molar-refractivity contribution in [2.45, 2.75) is 46.2 Å². The molecular weight excluding hydrogens is 503 g/mol. The minimum Gasteiger partial charge on any atom is -0.484 e. The van der Waals surface area contributed by atoms with Gasteiger partial charge in [-0.2, -0.15) is 13.2 Å². The van der Waals surface area contributed by atoms with E-state index in [2.05, 4.69) is 25.7 Å². The largest absolute Gasteiger partial charge is 0.490 e. The first-order chi connectivity index (χ1) is 17.8. The van der Waals surface area contributed by atoms with Gasteiger partial charge in [0.05, 0.1) is 5.41 Å². The molecule has 0 bridgehead atoms. The number of carbonyl (C=O) groups is 3. The summed E-state index contributed by atoms with van der Waals surface area (Å²) >= 11 is 0. The van der Waals surface area contributed by atoms with Crippen LogP contribution >= 0.6 is 0 Å². The lowest BCUT2D eigenvalue weighted by Gasteiger charge is -2.47. The van der Waals surface area contributed by atoms with Crippen LogP contribution < -0.4 is 4.74 Å². The Morgan fingerprint density at radius 3 is 2.16 bits per heavy atom. The fraction of sp³-hybridized carbons (Fsp3) is 0.667. The maximum atomic E-state index is 13.5. The van der Waals surface area contributed by atoms with Crippen molar-refractivity contribution in [3.63, 3.8) is 0 Å². The Labute approximate surface area is 221 Å². The van der Waals surface area contributed by atoms with Gasteiger partial charge in [0.15, 0.2) is 6.61 Å². The second-order valence-electron chi connectivity index (χ2n) is 10.8. The van der Waals surface area contributed by atoms with Crippen molar-refractivity contribution in [2.75, 3.05) is 52.4 Å². The van der Waals surface area contributed by atoms with Crippen molar-refractivity contribution in [3.05, 3.63) is 30.3 Å². The van der Waals surface area contributed by atoms with Gasteiger partial charge in [-0.1, -0.05) is 32.0 Å². The average Bonchev–Trinajstić information content (AvgIpc) is 3.34. The zero-order valence-corrected chi connectivity index (χ0v) is 22.3. The van der Waals surface area contributed by atoms with E-state index in [4.69, 9.17) is 14.6 Å². The van der Waals surface area contributed by atoms with Crippen LogP contribution in [-0.2, 0) is 14.4 Å². The van der Waals surface area contributed by atoms with E-state index in [1.165, 1.54) is 0 Å². The van der Waals surface area contributed by atoms with Gasteiger partial charge in [0.1, 0.15) is 5.75 Å². The lowest BCUT2D eigenvalue weighted by Crippen LogP contribution is -2.54. The monoisotopic (exact) mass is 541 g/mol. The number of alkyl halides is 3. The first-order valence-electron chi connectivity index (χ1n) is 13.1. The minimum atomic E-state index is -5.08. The first kappa shape index (κ1) is 29.7. The molecule has 3 heterocycles. The maximum Gasteiger partial charge on any atom is 0.490 e. The van der Waals surface area contributed by atoms with E-state index in [9.17, 15) is 22.8 Å². The standard InChI is InChI=1S/C25H37N3O3.C2HF3O2/c1-4-27-15-12-25(23(27)30)19-26(16-20(2)3)18-24(25)10-13-28(14-11-24)22(29)17-31-21-8-6-5-7-9-21;3-2(4,5)1(6)7/h5-9,20H,4,10-19H2,1-3H3;(H,6,7). The Kier molecular flexibility index (Phi) is 9.33. The maximum absolute atomic E-state index is 13.5. The lowest BCUT2D eigenvalue weighted by molar-refractivity contribution is -0.192. The Bertz CT molecular complexity index is 980. The molecule has 0 aliphatic carbocycles. The van der Waals surface area contributed by atoms with Crippen molar-refractivity contribution < 1.29 is 37.4 Å². The zero-order chi connectivity index (χ0) is 28.1. The Morgan fingerprint density at radius 2 is 1.66 bits per heavy atom. The summed E-state index contributed by atoms with van der Waals surface area (Å²) in [5.74, 6) is -1.05. The third-order valence-corrected chi connectivity index (χ3v) is 7.97. The molecule has 3 saturated heterocycles. The fourth-order valence-electron chi connectivity index (χ4n) is 6.18. The number of rotatable bonds is 6. The second kappa shape index (κ2) is 11.9. The van der Waals surface area contributed by atoms with Crippen LogP contribution in [0.2, 0.25) is 0 Å². The van der Waals surface area contributed by atoms with Gasteiger partial charge in [0.2, 0.25) is 5.91 Å². The van der Waals surface area contributed by atoms with Gasteiger partial charge in [0.25, 0.3) is 5.91 Å². The second-order valence-corrected chi connectivity index (χ2v) is 10.8. The van der Waals surface area contributed by atoms with Crippen LogP contribution in [0.3, 0.4) is 0 Å². The van der Waals surface area contributed by atoms with E-state index in [-0.39, 0.29) is 23.3 Å². The van der Waals surface area contributed by atoms with Crippen molar-refractivity contribution in [2.24, 2.45) is 16.7 Å². The molecule has 11 heteroatoms. The highest BCUT2D eigenvalue weighted by molar-refractivity contribution is 5.87. The molecule has 3 fully saturated rings. The lowest BCUT2D eigenvalue weighted by atomic mass is 9.60.